The quantitative estimate of drug-likeness (QED) is 0.609. The fourth-order valence-corrected chi connectivity index (χ4v) is 2.86. The van der Waals surface area contributed by atoms with Crippen molar-refractivity contribution in [2.45, 2.75) is 6.42 Å². The van der Waals surface area contributed by atoms with Gasteiger partial charge in [-0.15, -0.1) is 0 Å². The number of rotatable bonds is 5. The first-order valence-corrected chi connectivity index (χ1v) is 8.52. The van der Waals surface area contributed by atoms with E-state index in [9.17, 15) is 4.79 Å². The van der Waals surface area contributed by atoms with Crippen molar-refractivity contribution in [2.24, 2.45) is 0 Å². The molecule has 1 aliphatic heterocycles. The predicted octanol–water partition coefficient (Wildman–Crippen LogP) is 3.48. The monoisotopic (exact) mass is 352 g/mol. The van der Waals surface area contributed by atoms with Crippen molar-refractivity contribution in [1.29, 1.82) is 0 Å². The normalized spacial score (nSPS) is 15.6. The van der Waals surface area contributed by atoms with Gasteiger partial charge in [-0.25, -0.2) is 0 Å². The van der Waals surface area contributed by atoms with Crippen LogP contribution in [0.15, 0.2) is 60.4 Å². The van der Waals surface area contributed by atoms with Gasteiger partial charge in [-0.3, -0.25) is 9.69 Å². The van der Waals surface area contributed by atoms with Crippen LogP contribution in [-0.2, 0) is 16.0 Å². The molecule has 1 heterocycles. The maximum absolute atomic E-state index is 12.6. The van der Waals surface area contributed by atoms with Crippen molar-refractivity contribution in [1.82, 2.24) is 4.90 Å². The van der Waals surface area contributed by atoms with Crippen molar-refractivity contribution < 1.29 is 9.53 Å². The van der Waals surface area contributed by atoms with Gasteiger partial charge in [0.2, 0.25) is 0 Å². The molecular formula is C20H20N2O2S. The second-order valence-corrected chi connectivity index (χ2v) is 6.40. The van der Waals surface area contributed by atoms with Crippen LogP contribution in [0.1, 0.15) is 11.1 Å². The highest BCUT2D eigenvalue weighted by Gasteiger charge is 2.32. The number of hydrogen-bond acceptors (Lipinski definition) is 4. The number of carbonyl (C=O) groups excluding carboxylic acids is 1. The molecule has 1 saturated heterocycles. The van der Waals surface area contributed by atoms with Gasteiger partial charge in [0.15, 0.2) is 5.76 Å². The molecule has 2 aromatic carbocycles. The van der Waals surface area contributed by atoms with E-state index in [0.29, 0.717) is 6.54 Å². The van der Waals surface area contributed by atoms with Crippen LogP contribution in [0.2, 0.25) is 0 Å². The van der Waals surface area contributed by atoms with Gasteiger partial charge in [0, 0.05) is 26.3 Å². The van der Waals surface area contributed by atoms with E-state index in [-0.39, 0.29) is 16.8 Å². The molecule has 5 heteroatoms. The van der Waals surface area contributed by atoms with Crippen LogP contribution in [0.25, 0.3) is 6.08 Å². The van der Waals surface area contributed by atoms with E-state index in [2.05, 4.69) is 0 Å². The predicted molar refractivity (Wildman–Crippen MR) is 104 cm³/mol. The summed E-state index contributed by atoms with van der Waals surface area (Å²) in [6.45, 7) is 0.512. The minimum atomic E-state index is -0.183. The van der Waals surface area contributed by atoms with Crippen molar-refractivity contribution in [3.8, 4) is 0 Å². The molecule has 0 atom stereocenters. The maximum atomic E-state index is 12.6. The molecule has 1 amide bonds. The van der Waals surface area contributed by atoms with Crippen molar-refractivity contribution in [3.05, 3.63) is 71.5 Å². The number of hydrogen-bond donors (Lipinski definition) is 0. The molecule has 2 aromatic rings. The van der Waals surface area contributed by atoms with Gasteiger partial charge in [0.25, 0.3) is 11.1 Å². The molecule has 0 saturated carbocycles. The highest BCUT2D eigenvalue weighted by molar-refractivity contribution is 7.80. The summed E-state index contributed by atoms with van der Waals surface area (Å²) in [5.41, 5.74) is 3.16. The van der Waals surface area contributed by atoms with E-state index in [1.807, 2.05) is 73.6 Å². The number of thiocarbonyl (C=S) groups is 1. The molecule has 128 valence electrons. The van der Waals surface area contributed by atoms with Crippen molar-refractivity contribution in [2.75, 3.05) is 25.5 Å². The molecule has 0 spiro atoms. The molecule has 0 aliphatic carbocycles. The van der Waals surface area contributed by atoms with Crippen molar-refractivity contribution >= 4 is 35.1 Å². The molecule has 0 aromatic heterocycles. The Morgan fingerprint density at radius 2 is 1.76 bits per heavy atom. The Morgan fingerprint density at radius 1 is 1.08 bits per heavy atom. The minimum absolute atomic E-state index is 0.183. The maximum Gasteiger partial charge on any atom is 0.297 e. The Hall–Kier alpha value is -2.66. The number of ether oxygens (including phenoxy) is 1. The third kappa shape index (κ3) is 4.06. The van der Waals surface area contributed by atoms with Gasteiger partial charge in [-0.05, 0) is 48.0 Å². The Bertz CT molecular complexity index is 798. The average molecular weight is 352 g/mol. The third-order valence-corrected chi connectivity index (χ3v) is 4.35. The molecule has 0 unspecified atom stereocenters. The summed E-state index contributed by atoms with van der Waals surface area (Å²) in [5.74, 6) is 0.0910. The van der Waals surface area contributed by atoms with Crippen LogP contribution >= 0.6 is 12.2 Å². The van der Waals surface area contributed by atoms with Crippen LogP contribution < -0.4 is 4.90 Å². The highest BCUT2D eigenvalue weighted by atomic mass is 32.1. The molecule has 4 nitrogen and oxygen atoms in total. The van der Waals surface area contributed by atoms with Gasteiger partial charge in [-0.2, -0.15) is 0 Å². The lowest BCUT2D eigenvalue weighted by Crippen LogP contribution is -2.30. The number of carbonyl (C=O) groups is 1. The summed E-state index contributed by atoms with van der Waals surface area (Å²) in [4.78, 5) is 16.1. The van der Waals surface area contributed by atoms with Crippen LogP contribution in [-0.4, -0.2) is 36.6 Å². The highest BCUT2D eigenvalue weighted by Crippen LogP contribution is 2.21. The Labute approximate surface area is 153 Å². The molecule has 0 N–H and O–H groups in total. The van der Waals surface area contributed by atoms with Gasteiger partial charge in [0.05, 0.1) is 0 Å². The molecule has 1 aliphatic rings. The summed E-state index contributed by atoms with van der Waals surface area (Å²) < 4.78 is 5.51. The zero-order valence-electron chi connectivity index (χ0n) is 14.3. The van der Waals surface area contributed by atoms with Gasteiger partial charge in [-0.1, -0.05) is 42.5 Å². The Balaban J connectivity index is 1.69. The van der Waals surface area contributed by atoms with Crippen LogP contribution in [0.5, 0.6) is 0 Å². The largest absolute Gasteiger partial charge is 0.426 e. The lowest BCUT2D eigenvalue weighted by molar-refractivity contribution is -0.122. The molecule has 0 bridgehead atoms. The Morgan fingerprint density at radius 3 is 2.40 bits per heavy atom. The number of benzene rings is 2. The van der Waals surface area contributed by atoms with E-state index < -0.39 is 0 Å². The smallest absolute Gasteiger partial charge is 0.297 e. The van der Waals surface area contributed by atoms with Gasteiger partial charge >= 0.3 is 0 Å². The molecule has 0 radical (unpaired) electrons. The minimum Gasteiger partial charge on any atom is -0.426 e. The first kappa shape index (κ1) is 17.2. The molecule has 3 rings (SSSR count). The topological polar surface area (TPSA) is 32.8 Å². The fraction of sp³-hybridized carbons (Fsp3) is 0.200. The zero-order valence-corrected chi connectivity index (χ0v) is 15.1. The number of amides is 1. The van der Waals surface area contributed by atoms with Crippen LogP contribution in [0.4, 0.5) is 5.69 Å². The van der Waals surface area contributed by atoms with E-state index in [0.717, 1.165) is 23.2 Å². The van der Waals surface area contributed by atoms with E-state index in [1.54, 1.807) is 6.08 Å². The summed E-state index contributed by atoms with van der Waals surface area (Å²) in [7, 11) is 3.97. The fourth-order valence-electron chi connectivity index (χ4n) is 2.60. The van der Waals surface area contributed by atoms with E-state index in [1.165, 1.54) is 4.90 Å². The van der Waals surface area contributed by atoms with Crippen LogP contribution in [0, 0.1) is 0 Å². The zero-order chi connectivity index (χ0) is 17.8. The first-order valence-electron chi connectivity index (χ1n) is 8.11. The lowest BCUT2D eigenvalue weighted by Gasteiger charge is -2.12. The number of nitrogens with zero attached hydrogens (tertiary/aromatic N) is 2. The standard InChI is InChI=1S/C20H20N2O2S/c1-21(2)17-10-8-16(9-11-17)14-18-19(23)22(20(25)24-18)13-12-15-6-4-3-5-7-15/h3-11,14H,12-13H2,1-2H3/b18-14+. The lowest BCUT2D eigenvalue weighted by atomic mass is 10.1. The summed E-state index contributed by atoms with van der Waals surface area (Å²) in [5, 5.41) is 0.220. The second kappa shape index (κ2) is 7.49. The molecular weight excluding hydrogens is 332 g/mol. The van der Waals surface area contributed by atoms with E-state index in [4.69, 9.17) is 17.0 Å². The summed E-state index contributed by atoms with van der Waals surface area (Å²) >= 11 is 5.22. The van der Waals surface area contributed by atoms with Crippen LogP contribution in [0.3, 0.4) is 0 Å². The Kier molecular flexibility index (Phi) is 5.14. The first-order chi connectivity index (χ1) is 12.0. The third-order valence-electron chi connectivity index (χ3n) is 4.05. The number of anilines is 1. The SMILES string of the molecule is CN(C)c1ccc(/C=C2/OC(=S)N(CCc3ccccc3)C2=O)cc1. The van der Waals surface area contributed by atoms with Gasteiger partial charge < -0.3 is 9.64 Å². The summed E-state index contributed by atoms with van der Waals surface area (Å²) in [6, 6.07) is 17.9. The van der Waals surface area contributed by atoms with E-state index >= 15 is 0 Å². The van der Waals surface area contributed by atoms with Gasteiger partial charge in [0.1, 0.15) is 0 Å². The molecule has 1 fully saturated rings. The summed E-state index contributed by atoms with van der Waals surface area (Å²) in [6.07, 6.45) is 2.47. The average Bonchev–Trinajstić information content (AvgIpc) is 2.88. The van der Waals surface area contributed by atoms with Crippen molar-refractivity contribution in [3.63, 3.8) is 0 Å². The molecule has 25 heavy (non-hydrogen) atoms. The second-order valence-electron chi connectivity index (χ2n) is 6.05.